The summed E-state index contributed by atoms with van der Waals surface area (Å²) in [7, 11) is 0. The van der Waals surface area contributed by atoms with Crippen LogP contribution < -0.4 is 5.32 Å². The maximum Gasteiger partial charge on any atom is 0.0475 e. The predicted octanol–water partition coefficient (Wildman–Crippen LogP) is 3.70. The second-order valence-corrected chi connectivity index (χ2v) is 5.67. The molecule has 2 heteroatoms. The van der Waals surface area contributed by atoms with Gasteiger partial charge >= 0.3 is 0 Å². The first kappa shape index (κ1) is 16.2. The van der Waals surface area contributed by atoms with Crippen molar-refractivity contribution in [2.45, 2.75) is 46.7 Å². The molecule has 2 atom stereocenters. The summed E-state index contributed by atoms with van der Waals surface area (Å²) in [5.74, 6) is 0.709. The van der Waals surface area contributed by atoms with Crippen molar-refractivity contribution in [2.24, 2.45) is 5.92 Å². The van der Waals surface area contributed by atoms with Crippen LogP contribution in [-0.2, 0) is 0 Å². The Labute approximate surface area is 119 Å². The van der Waals surface area contributed by atoms with Crippen LogP contribution in [0.15, 0.2) is 30.3 Å². The van der Waals surface area contributed by atoms with Crippen LogP contribution in [0.1, 0.15) is 46.2 Å². The highest BCUT2D eigenvalue weighted by Gasteiger charge is 2.23. The normalized spacial score (nSPS) is 14.9. The van der Waals surface area contributed by atoms with Gasteiger partial charge in [-0.3, -0.25) is 4.90 Å². The molecule has 0 heterocycles. The Morgan fingerprint density at radius 2 is 1.68 bits per heavy atom. The summed E-state index contributed by atoms with van der Waals surface area (Å²) in [4.78, 5) is 2.57. The molecule has 0 spiro atoms. The van der Waals surface area contributed by atoms with Gasteiger partial charge in [0, 0.05) is 18.6 Å². The maximum absolute atomic E-state index is 3.65. The van der Waals surface area contributed by atoms with Crippen molar-refractivity contribution < 1.29 is 0 Å². The van der Waals surface area contributed by atoms with E-state index in [1.54, 1.807) is 0 Å². The van der Waals surface area contributed by atoms with E-state index in [2.05, 4.69) is 75.2 Å². The average Bonchev–Trinajstić information content (AvgIpc) is 2.42. The van der Waals surface area contributed by atoms with Gasteiger partial charge in [0.25, 0.3) is 0 Å². The van der Waals surface area contributed by atoms with Crippen molar-refractivity contribution >= 4 is 0 Å². The van der Waals surface area contributed by atoms with Gasteiger partial charge in [-0.15, -0.1) is 0 Å². The van der Waals surface area contributed by atoms with Gasteiger partial charge in [-0.1, -0.05) is 58.0 Å². The second-order valence-electron chi connectivity index (χ2n) is 5.67. The van der Waals surface area contributed by atoms with Crippen molar-refractivity contribution in [2.75, 3.05) is 19.6 Å². The zero-order chi connectivity index (χ0) is 14.3. The summed E-state index contributed by atoms with van der Waals surface area (Å²) in [6.45, 7) is 14.6. The van der Waals surface area contributed by atoms with Crippen LogP contribution in [0, 0.1) is 5.92 Å². The van der Waals surface area contributed by atoms with Crippen LogP contribution >= 0.6 is 0 Å². The van der Waals surface area contributed by atoms with E-state index in [4.69, 9.17) is 0 Å². The van der Waals surface area contributed by atoms with Gasteiger partial charge in [0.15, 0.2) is 0 Å². The zero-order valence-electron chi connectivity index (χ0n) is 13.2. The second kappa shape index (κ2) is 8.34. The third-order valence-electron chi connectivity index (χ3n) is 3.65. The van der Waals surface area contributed by atoms with E-state index >= 15 is 0 Å². The van der Waals surface area contributed by atoms with E-state index in [9.17, 15) is 0 Å². The fourth-order valence-corrected chi connectivity index (χ4v) is 2.71. The molecule has 108 valence electrons. The number of nitrogens with zero attached hydrogens (tertiary/aromatic N) is 1. The molecule has 0 bridgehead atoms. The molecule has 0 amide bonds. The van der Waals surface area contributed by atoms with E-state index < -0.39 is 0 Å². The first-order valence-corrected chi connectivity index (χ1v) is 7.62. The minimum Gasteiger partial charge on any atom is -0.309 e. The minimum absolute atomic E-state index is 0.407. The lowest BCUT2D eigenvalue weighted by molar-refractivity contribution is 0.160. The van der Waals surface area contributed by atoms with Gasteiger partial charge in [0.2, 0.25) is 0 Å². The quantitative estimate of drug-likeness (QED) is 0.768. The molecule has 1 aromatic rings. The summed E-state index contributed by atoms with van der Waals surface area (Å²) in [6, 6.07) is 11.7. The zero-order valence-corrected chi connectivity index (χ0v) is 13.2. The Morgan fingerprint density at radius 3 is 2.16 bits per heavy atom. The van der Waals surface area contributed by atoms with E-state index in [1.165, 1.54) is 5.56 Å². The third-order valence-corrected chi connectivity index (χ3v) is 3.65. The largest absolute Gasteiger partial charge is 0.309 e. The van der Waals surface area contributed by atoms with E-state index in [0.29, 0.717) is 18.0 Å². The molecule has 0 fully saturated rings. The molecule has 0 aliphatic heterocycles. The first-order chi connectivity index (χ1) is 9.10. The summed E-state index contributed by atoms with van der Waals surface area (Å²) in [5.41, 5.74) is 1.39. The molecule has 19 heavy (non-hydrogen) atoms. The van der Waals surface area contributed by atoms with Crippen LogP contribution in [-0.4, -0.2) is 30.6 Å². The summed E-state index contributed by atoms with van der Waals surface area (Å²) >= 11 is 0. The highest BCUT2D eigenvalue weighted by molar-refractivity contribution is 5.20. The van der Waals surface area contributed by atoms with Crippen LogP contribution in [0.3, 0.4) is 0 Å². The Morgan fingerprint density at radius 1 is 1.05 bits per heavy atom. The summed E-state index contributed by atoms with van der Waals surface area (Å²) in [5, 5.41) is 3.65. The Bertz CT molecular complexity index is 334. The topological polar surface area (TPSA) is 15.3 Å². The van der Waals surface area contributed by atoms with Gasteiger partial charge in [0.05, 0.1) is 0 Å². The number of rotatable bonds is 8. The number of nitrogens with one attached hydrogen (secondary N) is 1. The lowest BCUT2D eigenvalue weighted by Gasteiger charge is -2.36. The molecule has 0 aromatic heterocycles. The average molecular weight is 262 g/mol. The lowest BCUT2D eigenvalue weighted by atomic mass is 9.98. The molecule has 0 saturated carbocycles. The van der Waals surface area contributed by atoms with Crippen LogP contribution in [0.25, 0.3) is 0 Å². The molecular weight excluding hydrogens is 232 g/mol. The molecule has 1 aromatic carbocycles. The number of hydrogen-bond acceptors (Lipinski definition) is 2. The molecule has 1 rings (SSSR count). The Hall–Kier alpha value is -0.860. The van der Waals surface area contributed by atoms with Crippen LogP contribution in [0.2, 0.25) is 0 Å². The Balaban J connectivity index is 2.85. The highest BCUT2D eigenvalue weighted by Crippen LogP contribution is 2.21. The number of benzene rings is 1. The van der Waals surface area contributed by atoms with E-state index in [-0.39, 0.29) is 0 Å². The maximum atomic E-state index is 3.65. The van der Waals surface area contributed by atoms with Crippen molar-refractivity contribution in [3.63, 3.8) is 0 Å². The van der Waals surface area contributed by atoms with E-state index in [0.717, 1.165) is 19.6 Å². The third kappa shape index (κ3) is 4.96. The van der Waals surface area contributed by atoms with Gasteiger partial charge in [0.1, 0.15) is 0 Å². The molecular formula is C17H30N2. The van der Waals surface area contributed by atoms with Gasteiger partial charge in [-0.2, -0.15) is 0 Å². The molecule has 2 unspecified atom stereocenters. The Kier molecular flexibility index (Phi) is 7.11. The first-order valence-electron chi connectivity index (χ1n) is 7.62. The summed E-state index contributed by atoms with van der Waals surface area (Å²) < 4.78 is 0. The smallest absolute Gasteiger partial charge is 0.0475 e. The summed E-state index contributed by atoms with van der Waals surface area (Å²) in [6.07, 6.45) is 0. The lowest BCUT2D eigenvalue weighted by Crippen LogP contribution is -2.44. The molecule has 1 N–H and O–H groups in total. The molecule has 0 aliphatic carbocycles. The van der Waals surface area contributed by atoms with E-state index in [1.807, 2.05) is 0 Å². The highest BCUT2D eigenvalue weighted by atomic mass is 15.2. The fourth-order valence-electron chi connectivity index (χ4n) is 2.71. The molecule has 2 nitrogen and oxygen atoms in total. The van der Waals surface area contributed by atoms with Crippen LogP contribution in [0.5, 0.6) is 0 Å². The van der Waals surface area contributed by atoms with Gasteiger partial charge in [-0.25, -0.2) is 0 Å². The molecule has 0 radical (unpaired) electrons. The predicted molar refractivity (Wildman–Crippen MR) is 84.4 cm³/mol. The van der Waals surface area contributed by atoms with Crippen molar-refractivity contribution in [3.05, 3.63) is 35.9 Å². The molecule has 0 saturated heterocycles. The number of hydrogen-bond donors (Lipinski definition) is 1. The van der Waals surface area contributed by atoms with Crippen molar-refractivity contribution in [1.29, 1.82) is 0 Å². The van der Waals surface area contributed by atoms with Gasteiger partial charge < -0.3 is 5.32 Å². The van der Waals surface area contributed by atoms with Crippen LogP contribution in [0.4, 0.5) is 0 Å². The van der Waals surface area contributed by atoms with Crippen molar-refractivity contribution in [3.8, 4) is 0 Å². The van der Waals surface area contributed by atoms with Crippen molar-refractivity contribution in [1.82, 2.24) is 10.2 Å². The number of likely N-dealkylation sites (N-methyl/N-ethyl adjacent to an activating group) is 2. The monoisotopic (exact) mass is 262 g/mol. The molecule has 0 aliphatic rings. The fraction of sp³-hybridized carbons (Fsp3) is 0.647. The SMILES string of the molecule is CCNC(c1ccccc1)C(C)N(CC)CC(C)C. The van der Waals surface area contributed by atoms with Gasteiger partial charge in [-0.05, 0) is 31.5 Å². The minimum atomic E-state index is 0.407. The standard InChI is InChI=1S/C17H30N2/c1-6-18-17(16-11-9-8-10-12-16)15(5)19(7-2)13-14(3)4/h8-12,14-15,17-18H,6-7,13H2,1-5H3.